The lowest BCUT2D eigenvalue weighted by atomic mass is 10.00. The molecule has 0 saturated carbocycles. The van der Waals surface area contributed by atoms with Crippen molar-refractivity contribution in [3.63, 3.8) is 0 Å². The number of nitrogens with zero attached hydrogens (tertiary/aromatic N) is 2. The summed E-state index contributed by atoms with van der Waals surface area (Å²) in [6, 6.07) is -0.0194. The third-order valence-corrected chi connectivity index (χ3v) is 4.35. The molecule has 0 aromatic carbocycles. The summed E-state index contributed by atoms with van der Waals surface area (Å²) < 4.78 is 10.3. The van der Waals surface area contributed by atoms with Gasteiger partial charge in [0.2, 0.25) is 5.91 Å². The van der Waals surface area contributed by atoms with Crippen molar-refractivity contribution in [1.82, 2.24) is 9.80 Å². The molecule has 2 aliphatic heterocycles. The Labute approximate surface area is 132 Å². The number of hydrogen-bond acceptors (Lipinski definition) is 5. The number of carbonyl (C=O) groups is 2. The van der Waals surface area contributed by atoms with E-state index in [2.05, 4.69) is 4.90 Å². The molecule has 0 aliphatic carbocycles. The average Bonchev–Trinajstić information content (AvgIpc) is 2.56. The predicted octanol–water partition coefficient (Wildman–Crippen LogP) is 1.04. The maximum absolute atomic E-state index is 12.7. The van der Waals surface area contributed by atoms with E-state index in [0.29, 0.717) is 39.3 Å². The highest BCUT2D eigenvalue weighted by Gasteiger charge is 2.32. The fourth-order valence-corrected chi connectivity index (χ4v) is 3.19. The highest BCUT2D eigenvalue weighted by Crippen LogP contribution is 2.20. The van der Waals surface area contributed by atoms with E-state index in [9.17, 15) is 9.59 Å². The first kappa shape index (κ1) is 17.2. The van der Waals surface area contributed by atoms with Gasteiger partial charge >= 0.3 is 5.97 Å². The van der Waals surface area contributed by atoms with Crippen LogP contribution in [0.1, 0.15) is 39.0 Å². The maximum Gasteiger partial charge on any atom is 0.305 e. The number of piperidine rings is 1. The summed E-state index contributed by atoms with van der Waals surface area (Å²) in [6.45, 7) is 6.67. The third kappa shape index (κ3) is 4.95. The molecular weight excluding hydrogens is 284 g/mol. The van der Waals surface area contributed by atoms with Crippen molar-refractivity contribution < 1.29 is 19.1 Å². The standard InChI is InChI=1S/C16H28N2O4/c1-2-22-15(19)7-5-9-17-8-4-3-6-14(17)16(20)18-10-12-21-13-11-18/h14H,2-13H2,1H3. The monoisotopic (exact) mass is 312 g/mol. The Bertz CT molecular complexity index is 369. The van der Waals surface area contributed by atoms with E-state index in [-0.39, 0.29) is 17.9 Å². The van der Waals surface area contributed by atoms with Crippen LogP contribution in [0, 0.1) is 0 Å². The second-order valence-electron chi connectivity index (χ2n) is 5.89. The van der Waals surface area contributed by atoms with E-state index in [0.717, 1.165) is 38.8 Å². The summed E-state index contributed by atoms with van der Waals surface area (Å²) >= 11 is 0. The Morgan fingerprint density at radius 1 is 1.18 bits per heavy atom. The van der Waals surface area contributed by atoms with Crippen molar-refractivity contribution in [2.45, 2.75) is 45.1 Å². The van der Waals surface area contributed by atoms with Crippen molar-refractivity contribution in [3.05, 3.63) is 0 Å². The molecule has 2 rings (SSSR count). The quantitative estimate of drug-likeness (QED) is 0.686. The fourth-order valence-electron chi connectivity index (χ4n) is 3.19. The zero-order valence-electron chi connectivity index (χ0n) is 13.6. The zero-order chi connectivity index (χ0) is 15.8. The molecule has 22 heavy (non-hydrogen) atoms. The van der Waals surface area contributed by atoms with Crippen LogP contribution in [0.3, 0.4) is 0 Å². The van der Waals surface area contributed by atoms with Gasteiger partial charge in [-0.2, -0.15) is 0 Å². The van der Waals surface area contributed by atoms with Crippen LogP contribution >= 0.6 is 0 Å². The van der Waals surface area contributed by atoms with Crippen molar-refractivity contribution in [2.24, 2.45) is 0 Å². The van der Waals surface area contributed by atoms with E-state index >= 15 is 0 Å². The molecule has 6 nitrogen and oxygen atoms in total. The molecule has 0 aromatic rings. The number of likely N-dealkylation sites (tertiary alicyclic amines) is 1. The second-order valence-corrected chi connectivity index (χ2v) is 5.89. The lowest BCUT2D eigenvalue weighted by Gasteiger charge is -2.38. The third-order valence-electron chi connectivity index (χ3n) is 4.35. The van der Waals surface area contributed by atoms with Crippen molar-refractivity contribution >= 4 is 11.9 Å². The molecule has 1 amide bonds. The first-order valence-electron chi connectivity index (χ1n) is 8.48. The van der Waals surface area contributed by atoms with E-state index in [1.807, 2.05) is 11.8 Å². The van der Waals surface area contributed by atoms with Gasteiger partial charge in [-0.15, -0.1) is 0 Å². The lowest BCUT2D eigenvalue weighted by Crippen LogP contribution is -2.53. The number of hydrogen-bond donors (Lipinski definition) is 0. The smallest absolute Gasteiger partial charge is 0.305 e. The van der Waals surface area contributed by atoms with Gasteiger partial charge in [0, 0.05) is 19.5 Å². The van der Waals surface area contributed by atoms with Crippen LogP contribution in [0.5, 0.6) is 0 Å². The summed E-state index contributed by atoms with van der Waals surface area (Å²) in [5.41, 5.74) is 0. The van der Waals surface area contributed by atoms with Crippen LogP contribution < -0.4 is 0 Å². The number of esters is 1. The minimum atomic E-state index is -0.143. The summed E-state index contributed by atoms with van der Waals surface area (Å²) in [4.78, 5) is 28.3. The van der Waals surface area contributed by atoms with Crippen LogP contribution in [0.15, 0.2) is 0 Å². The van der Waals surface area contributed by atoms with Crippen LogP contribution in [-0.2, 0) is 19.1 Å². The largest absolute Gasteiger partial charge is 0.466 e. The number of carbonyl (C=O) groups excluding carboxylic acids is 2. The molecule has 2 aliphatic rings. The molecular formula is C16H28N2O4. The van der Waals surface area contributed by atoms with Gasteiger partial charge in [0.15, 0.2) is 0 Å². The van der Waals surface area contributed by atoms with Gasteiger partial charge < -0.3 is 14.4 Å². The Kier molecular flexibility index (Phi) is 7.12. The second kappa shape index (κ2) is 9.10. The van der Waals surface area contributed by atoms with Crippen LogP contribution in [0.2, 0.25) is 0 Å². The molecule has 2 heterocycles. The summed E-state index contributed by atoms with van der Waals surface area (Å²) in [5, 5.41) is 0. The number of rotatable bonds is 6. The fraction of sp³-hybridized carbons (Fsp3) is 0.875. The topological polar surface area (TPSA) is 59.1 Å². The van der Waals surface area contributed by atoms with Crippen molar-refractivity contribution in [1.29, 1.82) is 0 Å². The summed E-state index contributed by atoms with van der Waals surface area (Å²) in [6.07, 6.45) is 4.35. The normalized spacial score (nSPS) is 23.3. The van der Waals surface area contributed by atoms with Gasteiger partial charge in [0.25, 0.3) is 0 Å². The van der Waals surface area contributed by atoms with Crippen LogP contribution in [-0.4, -0.2) is 73.7 Å². The molecule has 126 valence electrons. The first-order valence-corrected chi connectivity index (χ1v) is 8.48. The lowest BCUT2D eigenvalue weighted by molar-refractivity contribution is -0.143. The minimum absolute atomic E-state index is 0.0194. The first-order chi connectivity index (χ1) is 10.7. The van der Waals surface area contributed by atoms with Crippen LogP contribution in [0.4, 0.5) is 0 Å². The summed E-state index contributed by atoms with van der Waals surface area (Å²) in [7, 11) is 0. The maximum atomic E-state index is 12.7. The van der Waals surface area contributed by atoms with Gasteiger partial charge in [0.05, 0.1) is 25.9 Å². The Hall–Kier alpha value is -1.14. The Morgan fingerprint density at radius 2 is 1.95 bits per heavy atom. The molecule has 0 spiro atoms. The number of ether oxygens (including phenoxy) is 2. The van der Waals surface area contributed by atoms with Gasteiger partial charge in [-0.05, 0) is 39.3 Å². The van der Waals surface area contributed by atoms with Gasteiger partial charge in [-0.3, -0.25) is 14.5 Å². The van der Waals surface area contributed by atoms with Gasteiger partial charge in [-0.25, -0.2) is 0 Å². The van der Waals surface area contributed by atoms with E-state index < -0.39 is 0 Å². The molecule has 0 bridgehead atoms. The Balaban J connectivity index is 1.82. The number of morpholine rings is 1. The highest BCUT2D eigenvalue weighted by molar-refractivity contribution is 5.82. The molecule has 1 unspecified atom stereocenters. The number of amides is 1. The molecule has 2 fully saturated rings. The molecule has 6 heteroatoms. The Morgan fingerprint density at radius 3 is 2.68 bits per heavy atom. The molecule has 2 saturated heterocycles. The van der Waals surface area contributed by atoms with Gasteiger partial charge in [0.1, 0.15) is 0 Å². The van der Waals surface area contributed by atoms with E-state index in [4.69, 9.17) is 9.47 Å². The highest BCUT2D eigenvalue weighted by atomic mass is 16.5. The van der Waals surface area contributed by atoms with Gasteiger partial charge in [-0.1, -0.05) is 6.42 Å². The SMILES string of the molecule is CCOC(=O)CCCN1CCCCC1C(=O)N1CCOCC1. The zero-order valence-corrected chi connectivity index (χ0v) is 13.6. The summed E-state index contributed by atoms with van der Waals surface area (Å²) in [5.74, 6) is 0.0923. The average molecular weight is 312 g/mol. The van der Waals surface area contributed by atoms with E-state index in [1.165, 1.54) is 0 Å². The van der Waals surface area contributed by atoms with Crippen molar-refractivity contribution in [3.8, 4) is 0 Å². The predicted molar refractivity (Wildman–Crippen MR) is 82.5 cm³/mol. The molecule has 0 N–H and O–H groups in total. The van der Waals surface area contributed by atoms with E-state index in [1.54, 1.807) is 0 Å². The van der Waals surface area contributed by atoms with Crippen molar-refractivity contribution in [2.75, 3.05) is 46.0 Å². The van der Waals surface area contributed by atoms with Crippen LogP contribution in [0.25, 0.3) is 0 Å². The molecule has 0 aromatic heterocycles. The molecule has 0 radical (unpaired) electrons. The molecule has 1 atom stereocenters. The minimum Gasteiger partial charge on any atom is -0.466 e.